The largest absolute Gasteiger partial charge is 0.419 e. The first-order valence-electron chi connectivity index (χ1n) is 10.9. The third-order valence-corrected chi connectivity index (χ3v) is 6.41. The molecule has 1 atom stereocenters. The summed E-state index contributed by atoms with van der Waals surface area (Å²) in [4.78, 5) is 32.1. The van der Waals surface area contributed by atoms with Crippen molar-refractivity contribution in [3.8, 4) is 5.69 Å². The van der Waals surface area contributed by atoms with Gasteiger partial charge in [-0.3, -0.25) is 9.59 Å². The molecule has 1 amide bonds. The average Bonchev–Trinajstić information content (AvgIpc) is 3.33. The molecule has 35 heavy (non-hydrogen) atoms. The standard InChI is InChI=1S/C24H21F4N5O2/c1-13-8-31(12-29-13)19-4-5-20-23(35)32(14(2)9-33(20)22(19)34)11-15-10-30(3)21-7-18(25)17(6-16(15)21)24(26,27)28/h4-8,10,12,14H,9,11H2,1-3H3/t14-/m1/s1. The lowest BCUT2D eigenvalue weighted by Crippen LogP contribution is -2.49. The van der Waals surface area contributed by atoms with Crippen LogP contribution in [0.3, 0.4) is 0 Å². The van der Waals surface area contributed by atoms with Crippen LogP contribution in [-0.2, 0) is 26.3 Å². The zero-order valence-electron chi connectivity index (χ0n) is 19.1. The molecule has 182 valence electrons. The van der Waals surface area contributed by atoms with Gasteiger partial charge in [-0.25, -0.2) is 9.37 Å². The minimum atomic E-state index is -4.84. The van der Waals surface area contributed by atoms with Gasteiger partial charge < -0.3 is 18.6 Å². The molecule has 1 aromatic carbocycles. The number of fused-ring (bicyclic) bond motifs is 2. The summed E-state index contributed by atoms with van der Waals surface area (Å²) in [5.41, 5.74) is 0.347. The molecule has 4 heterocycles. The Labute approximate surface area is 196 Å². The van der Waals surface area contributed by atoms with Crippen molar-refractivity contribution in [3.63, 3.8) is 0 Å². The van der Waals surface area contributed by atoms with E-state index in [1.807, 2.05) is 0 Å². The maximum Gasteiger partial charge on any atom is 0.419 e. The highest BCUT2D eigenvalue weighted by molar-refractivity contribution is 5.94. The number of aryl methyl sites for hydroxylation is 2. The van der Waals surface area contributed by atoms with Crippen LogP contribution in [0.2, 0.25) is 0 Å². The van der Waals surface area contributed by atoms with E-state index in [0.717, 1.165) is 17.8 Å². The second-order valence-electron chi connectivity index (χ2n) is 8.84. The van der Waals surface area contributed by atoms with Crippen LogP contribution < -0.4 is 5.56 Å². The van der Waals surface area contributed by atoms with Gasteiger partial charge in [0.1, 0.15) is 17.2 Å². The third kappa shape index (κ3) is 3.71. The molecule has 0 saturated heterocycles. The Morgan fingerprint density at radius 3 is 2.54 bits per heavy atom. The molecule has 1 aliphatic heterocycles. The smallest absolute Gasteiger partial charge is 0.350 e. The van der Waals surface area contributed by atoms with Crippen molar-refractivity contribution in [3.05, 3.63) is 81.7 Å². The molecule has 7 nitrogen and oxygen atoms in total. The maximum absolute atomic E-state index is 14.1. The van der Waals surface area contributed by atoms with Crippen molar-refractivity contribution >= 4 is 16.8 Å². The Kier molecular flexibility index (Phi) is 5.11. The van der Waals surface area contributed by atoms with Crippen LogP contribution in [0.1, 0.15) is 34.2 Å². The zero-order chi connectivity index (χ0) is 25.2. The molecule has 11 heteroatoms. The molecule has 0 unspecified atom stereocenters. The quantitative estimate of drug-likeness (QED) is 0.410. The van der Waals surface area contributed by atoms with Crippen LogP contribution in [0.4, 0.5) is 17.6 Å². The Morgan fingerprint density at radius 2 is 1.89 bits per heavy atom. The van der Waals surface area contributed by atoms with Crippen LogP contribution in [0, 0.1) is 12.7 Å². The number of rotatable bonds is 3. The summed E-state index contributed by atoms with van der Waals surface area (Å²) in [6.45, 7) is 3.80. The second-order valence-corrected chi connectivity index (χ2v) is 8.84. The van der Waals surface area contributed by atoms with Gasteiger partial charge >= 0.3 is 6.18 Å². The van der Waals surface area contributed by atoms with E-state index in [0.29, 0.717) is 16.8 Å². The van der Waals surface area contributed by atoms with E-state index in [4.69, 9.17) is 0 Å². The number of hydrogen-bond donors (Lipinski definition) is 0. The van der Waals surface area contributed by atoms with Crippen molar-refractivity contribution in [2.45, 2.75) is 39.2 Å². The highest BCUT2D eigenvalue weighted by Crippen LogP contribution is 2.36. The lowest BCUT2D eigenvalue weighted by molar-refractivity contribution is -0.139. The number of benzene rings is 1. The molecule has 1 aliphatic rings. The summed E-state index contributed by atoms with van der Waals surface area (Å²) >= 11 is 0. The highest BCUT2D eigenvalue weighted by Gasteiger charge is 2.36. The number of pyridine rings is 1. The van der Waals surface area contributed by atoms with Crippen molar-refractivity contribution < 1.29 is 22.4 Å². The fraction of sp³-hybridized carbons (Fsp3) is 0.292. The summed E-state index contributed by atoms with van der Waals surface area (Å²) in [6.07, 6.45) is -0.0117. The average molecular weight is 487 g/mol. The van der Waals surface area contributed by atoms with Gasteiger partial charge in [-0.05, 0) is 43.7 Å². The van der Waals surface area contributed by atoms with E-state index in [1.54, 1.807) is 50.0 Å². The number of imidazole rings is 1. The predicted molar refractivity (Wildman–Crippen MR) is 120 cm³/mol. The summed E-state index contributed by atoms with van der Waals surface area (Å²) in [6, 6.07) is 4.35. The van der Waals surface area contributed by atoms with E-state index in [2.05, 4.69) is 4.98 Å². The Hall–Kier alpha value is -3.89. The van der Waals surface area contributed by atoms with Gasteiger partial charge in [0.2, 0.25) is 0 Å². The molecule has 0 bridgehead atoms. The van der Waals surface area contributed by atoms with Crippen LogP contribution >= 0.6 is 0 Å². The SMILES string of the molecule is Cc1cn(-c2ccc3n(c2=O)C[C@@H](C)N(Cc2cn(C)c4cc(F)c(C(F)(F)F)cc24)C3=O)cn1. The van der Waals surface area contributed by atoms with Gasteiger partial charge in [0.15, 0.2) is 0 Å². The normalized spacial score (nSPS) is 16.3. The lowest BCUT2D eigenvalue weighted by Gasteiger charge is -2.35. The van der Waals surface area contributed by atoms with Gasteiger partial charge in [-0.2, -0.15) is 13.2 Å². The first-order valence-corrected chi connectivity index (χ1v) is 10.9. The van der Waals surface area contributed by atoms with Gasteiger partial charge in [-0.15, -0.1) is 0 Å². The lowest BCUT2D eigenvalue weighted by atomic mass is 10.1. The Morgan fingerprint density at radius 1 is 1.14 bits per heavy atom. The van der Waals surface area contributed by atoms with E-state index in [-0.39, 0.29) is 29.7 Å². The van der Waals surface area contributed by atoms with Gasteiger partial charge in [0.25, 0.3) is 11.5 Å². The number of alkyl halides is 3. The van der Waals surface area contributed by atoms with Crippen LogP contribution in [0.25, 0.3) is 16.6 Å². The first-order chi connectivity index (χ1) is 16.5. The molecule has 3 aromatic heterocycles. The third-order valence-electron chi connectivity index (χ3n) is 6.41. The monoisotopic (exact) mass is 487 g/mol. The topological polar surface area (TPSA) is 65.1 Å². The van der Waals surface area contributed by atoms with Crippen LogP contribution in [0.15, 0.2) is 47.8 Å². The van der Waals surface area contributed by atoms with Crippen molar-refractivity contribution in [2.24, 2.45) is 7.05 Å². The van der Waals surface area contributed by atoms with Gasteiger partial charge in [0.05, 0.1) is 23.1 Å². The fourth-order valence-corrected chi connectivity index (χ4v) is 4.63. The maximum atomic E-state index is 14.1. The number of carbonyl (C=O) groups is 1. The number of hydrogen-bond acceptors (Lipinski definition) is 3. The van der Waals surface area contributed by atoms with Gasteiger partial charge in [0, 0.05) is 44.0 Å². The zero-order valence-corrected chi connectivity index (χ0v) is 19.1. The first kappa shape index (κ1) is 22.9. The van der Waals surface area contributed by atoms with E-state index >= 15 is 0 Å². The van der Waals surface area contributed by atoms with Crippen molar-refractivity contribution in [1.82, 2.24) is 23.6 Å². The molecule has 5 rings (SSSR count). The summed E-state index contributed by atoms with van der Waals surface area (Å²) < 4.78 is 58.6. The minimum absolute atomic E-state index is 0.0108. The molecular formula is C24H21F4N5O2. The Balaban J connectivity index is 1.53. The van der Waals surface area contributed by atoms with Crippen molar-refractivity contribution in [1.29, 1.82) is 0 Å². The van der Waals surface area contributed by atoms with Crippen molar-refractivity contribution in [2.75, 3.05) is 0 Å². The molecule has 4 aromatic rings. The predicted octanol–water partition coefficient (Wildman–Crippen LogP) is 4.04. The number of amides is 1. The van der Waals surface area contributed by atoms with Crippen LogP contribution in [-0.4, -0.2) is 35.5 Å². The van der Waals surface area contributed by atoms with Gasteiger partial charge in [-0.1, -0.05) is 0 Å². The minimum Gasteiger partial charge on any atom is -0.350 e. The van der Waals surface area contributed by atoms with E-state index < -0.39 is 29.5 Å². The molecular weight excluding hydrogens is 466 g/mol. The number of aromatic nitrogens is 4. The number of halogens is 4. The summed E-state index contributed by atoms with van der Waals surface area (Å²) in [7, 11) is 1.61. The second kappa shape index (κ2) is 7.82. The molecule has 0 saturated carbocycles. The summed E-state index contributed by atoms with van der Waals surface area (Å²) in [5.74, 6) is -1.76. The fourth-order valence-electron chi connectivity index (χ4n) is 4.63. The highest BCUT2D eigenvalue weighted by atomic mass is 19.4. The number of carbonyl (C=O) groups excluding carboxylic acids is 1. The molecule has 0 aliphatic carbocycles. The molecule has 0 N–H and O–H groups in total. The number of nitrogens with zero attached hydrogens (tertiary/aromatic N) is 5. The Bertz CT molecular complexity index is 1550. The molecule has 0 radical (unpaired) electrons. The van der Waals surface area contributed by atoms with Crippen LogP contribution in [0.5, 0.6) is 0 Å². The molecule has 0 spiro atoms. The van der Waals surface area contributed by atoms with E-state index in [1.165, 1.54) is 20.4 Å². The van der Waals surface area contributed by atoms with E-state index in [9.17, 15) is 27.2 Å². The molecule has 0 fully saturated rings. The summed E-state index contributed by atoms with van der Waals surface area (Å²) in [5, 5.41) is 0.218.